The normalized spacial score (nSPS) is 12.3. The van der Waals surface area contributed by atoms with Gasteiger partial charge in [0.25, 0.3) is 0 Å². The number of carbonyl (C=O) groups excluding carboxylic acids is 1. The number of ether oxygens (including phenoxy) is 1. The van der Waals surface area contributed by atoms with Gasteiger partial charge in [0.1, 0.15) is 0 Å². The van der Waals surface area contributed by atoms with Gasteiger partial charge in [-0.2, -0.15) is 0 Å². The molecule has 0 aliphatic carbocycles. The fourth-order valence-electron chi connectivity index (χ4n) is 2.73. The zero-order chi connectivity index (χ0) is 16.5. The van der Waals surface area contributed by atoms with Crippen LogP contribution in [0.1, 0.15) is 103 Å². The molecule has 0 heterocycles. The lowest BCUT2D eigenvalue weighted by Gasteiger charge is -2.09. The summed E-state index contributed by atoms with van der Waals surface area (Å²) < 4.78 is 4.63. The van der Waals surface area contributed by atoms with Gasteiger partial charge in [0.2, 0.25) is 0 Å². The molecule has 0 radical (unpaired) electrons. The summed E-state index contributed by atoms with van der Waals surface area (Å²) in [6, 6.07) is 0. The van der Waals surface area contributed by atoms with Crippen molar-refractivity contribution in [2.45, 2.75) is 109 Å². The number of esters is 1. The fraction of sp³-hybridized carbons (Fsp3) is 0.947. The molecule has 0 spiro atoms. The Bertz CT molecular complexity index is 244. The molecule has 1 atom stereocenters. The van der Waals surface area contributed by atoms with E-state index in [1.807, 2.05) is 0 Å². The van der Waals surface area contributed by atoms with Crippen LogP contribution in [0.5, 0.6) is 0 Å². The fourth-order valence-corrected chi connectivity index (χ4v) is 3.04. The van der Waals surface area contributed by atoms with Crippen LogP contribution in [-0.4, -0.2) is 18.5 Å². The zero-order valence-corrected chi connectivity index (χ0v) is 15.6. The van der Waals surface area contributed by atoms with Crippen LogP contribution in [0.25, 0.3) is 0 Å². The Hall–Kier alpha value is -0.240. The summed E-state index contributed by atoms with van der Waals surface area (Å²) >= 11 is 6.37. The highest BCUT2D eigenvalue weighted by Gasteiger charge is 2.04. The van der Waals surface area contributed by atoms with Crippen molar-refractivity contribution in [2.75, 3.05) is 7.11 Å². The van der Waals surface area contributed by atoms with Crippen LogP contribution >= 0.6 is 11.6 Å². The third-order valence-corrected chi connectivity index (χ3v) is 4.68. The zero-order valence-electron chi connectivity index (χ0n) is 14.9. The number of carbonyl (C=O) groups is 1. The lowest BCUT2D eigenvalue weighted by Crippen LogP contribution is -1.99. The lowest BCUT2D eigenvalue weighted by atomic mass is 10.0. The minimum Gasteiger partial charge on any atom is -0.469 e. The first-order valence-electron chi connectivity index (χ1n) is 9.41. The van der Waals surface area contributed by atoms with Gasteiger partial charge in [-0.25, -0.2) is 0 Å². The van der Waals surface area contributed by atoms with Gasteiger partial charge in [-0.05, 0) is 19.3 Å². The summed E-state index contributed by atoms with van der Waals surface area (Å²) in [6.07, 6.45) is 18.1. The third kappa shape index (κ3) is 16.1. The molecule has 22 heavy (non-hydrogen) atoms. The second-order valence-corrected chi connectivity index (χ2v) is 7.01. The van der Waals surface area contributed by atoms with E-state index in [1.165, 1.54) is 84.2 Å². The molecule has 0 fully saturated rings. The first kappa shape index (κ1) is 21.8. The first-order chi connectivity index (χ1) is 10.7. The Labute approximate surface area is 143 Å². The number of halogens is 1. The first-order valence-corrected chi connectivity index (χ1v) is 9.85. The summed E-state index contributed by atoms with van der Waals surface area (Å²) in [7, 11) is 1.46. The monoisotopic (exact) mass is 332 g/mol. The SMILES string of the molecule is CCCCCCCC(Cl)CCCCCCCCCC(=O)OC. The Morgan fingerprint density at radius 2 is 1.27 bits per heavy atom. The Balaban J connectivity index is 3.16. The van der Waals surface area contributed by atoms with E-state index >= 15 is 0 Å². The predicted octanol–water partition coefficient (Wildman–Crippen LogP) is 6.64. The Morgan fingerprint density at radius 3 is 1.77 bits per heavy atom. The Morgan fingerprint density at radius 1 is 0.818 bits per heavy atom. The average molecular weight is 333 g/mol. The van der Waals surface area contributed by atoms with Crippen molar-refractivity contribution < 1.29 is 9.53 Å². The van der Waals surface area contributed by atoms with E-state index in [1.54, 1.807) is 0 Å². The molecule has 1 unspecified atom stereocenters. The second kappa shape index (κ2) is 17.1. The summed E-state index contributed by atoms with van der Waals surface area (Å²) in [5.41, 5.74) is 0. The highest BCUT2D eigenvalue weighted by atomic mass is 35.5. The molecule has 0 bridgehead atoms. The number of unbranched alkanes of at least 4 members (excludes halogenated alkanes) is 10. The maximum Gasteiger partial charge on any atom is 0.305 e. The number of rotatable bonds is 16. The van der Waals surface area contributed by atoms with Gasteiger partial charge in [0.05, 0.1) is 7.11 Å². The molecule has 0 amide bonds. The molecule has 0 saturated carbocycles. The number of methoxy groups -OCH3 is 1. The van der Waals surface area contributed by atoms with E-state index in [9.17, 15) is 4.79 Å². The van der Waals surface area contributed by atoms with E-state index in [4.69, 9.17) is 11.6 Å². The van der Waals surface area contributed by atoms with Gasteiger partial charge in [0, 0.05) is 11.8 Å². The van der Waals surface area contributed by atoms with Crippen molar-refractivity contribution in [2.24, 2.45) is 0 Å². The highest BCUT2D eigenvalue weighted by molar-refractivity contribution is 6.20. The predicted molar refractivity (Wildman–Crippen MR) is 96.6 cm³/mol. The third-order valence-electron chi connectivity index (χ3n) is 4.25. The van der Waals surface area contributed by atoms with Crippen LogP contribution in [-0.2, 0) is 9.53 Å². The van der Waals surface area contributed by atoms with Gasteiger partial charge in [-0.15, -0.1) is 11.6 Å². The van der Waals surface area contributed by atoms with Crippen molar-refractivity contribution in [3.8, 4) is 0 Å². The van der Waals surface area contributed by atoms with Crippen LogP contribution in [0, 0.1) is 0 Å². The van der Waals surface area contributed by atoms with Crippen molar-refractivity contribution in [3.63, 3.8) is 0 Å². The molecule has 3 heteroatoms. The van der Waals surface area contributed by atoms with E-state index < -0.39 is 0 Å². The lowest BCUT2D eigenvalue weighted by molar-refractivity contribution is -0.140. The smallest absolute Gasteiger partial charge is 0.305 e. The molecule has 0 rings (SSSR count). The van der Waals surface area contributed by atoms with Crippen LogP contribution < -0.4 is 0 Å². The quantitative estimate of drug-likeness (QED) is 0.180. The average Bonchev–Trinajstić information content (AvgIpc) is 2.52. The number of hydrogen-bond donors (Lipinski definition) is 0. The molecule has 0 aromatic carbocycles. The van der Waals surface area contributed by atoms with E-state index in [0.717, 1.165) is 12.8 Å². The summed E-state index contributed by atoms with van der Waals surface area (Å²) in [5, 5.41) is 0.390. The van der Waals surface area contributed by atoms with Gasteiger partial charge in [-0.3, -0.25) is 4.79 Å². The molecule has 0 aromatic heterocycles. The van der Waals surface area contributed by atoms with Gasteiger partial charge in [-0.1, -0.05) is 77.6 Å². The van der Waals surface area contributed by atoms with Gasteiger partial charge in [0.15, 0.2) is 0 Å². The minimum absolute atomic E-state index is 0.0807. The van der Waals surface area contributed by atoms with E-state index in [-0.39, 0.29) is 5.97 Å². The van der Waals surface area contributed by atoms with Crippen molar-refractivity contribution in [1.82, 2.24) is 0 Å². The summed E-state index contributed by atoms with van der Waals surface area (Å²) in [6.45, 7) is 2.25. The van der Waals surface area contributed by atoms with Crippen LogP contribution in [0.3, 0.4) is 0 Å². The number of alkyl halides is 1. The van der Waals surface area contributed by atoms with E-state index in [2.05, 4.69) is 11.7 Å². The second-order valence-electron chi connectivity index (χ2n) is 6.39. The van der Waals surface area contributed by atoms with Crippen LogP contribution in [0.15, 0.2) is 0 Å². The molecule has 0 aliphatic heterocycles. The van der Waals surface area contributed by atoms with Crippen LogP contribution in [0.2, 0.25) is 0 Å². The minimum atomic E-state index is -0.0807. The molecule has 0 aromatic rings. The number of hydrogen-bond acceptors (Lipinski definition) is 2. The Kier molecular flexibility index (Phi) is 16.9. The summed E-state index contributed by atoms with van der Waals surface area (Å²) in [5.74, 6) is -0.0807. The largest absolute Gasteiger partial charge is 0.469 e. The molecule has 132 valence electrons. The maximum atomic E-state index is 10.9. The molecule has 0 aliphatic rings. The van der Waals surface area contributed by atoms with Gasteiger partial charge >= 0.3 is 5.97 Å². The highest BCUT2D eigenvalue weighted by Crippen LogP contribution is 2.18. The van der Waals surface area contributed by atoms with Crippen molar-refractivity contribution in [1.29, 1.82) is 0 Å². The molecular weight excluding hydrogens is 296 g/mol. The standard InChI is InChI=1S/C19H37ClO2/c1-3-4-5-9-12-15-18(20)16-13-10-7-6-8-11-14-17-19(21)22-2/h18H,3-17H2,1-2H3. The molecule has 0 N–H and O–H groups in total. The topological polar surface area (TPSA) is 26.3 Å². The molecule has 2 nitrogen and oxygen atoms in total. The molecule has 0 saturated heterocycles. The van der Waals surface area contributed by atoms with Crippen LogP contribution in [0.4, 0.5) is 0 Å². The molecular formula is C19H37ClO2. The summed E-state index contributed by atoms with van der Waals surface area (Å²) in [4.78, 5) is 10.9. The maximum absolute atomic E-state index is 10.9. The van der Waals surface area contributed by atoms with Crippen molar-refractivity contribution in [3.05, 3.63) is 0 Å². The van der Waals surface area contributed by atoms with Gasteiger partial charge < -0.3 is 4.74 Å². The van der Waals surface area contributed by atoms with E-state index in [0.29, 0.717) is 11.8 Å². The van der Waals surface area contributed by atoms with Crippen molar-refractivity contribution >= 4 is 17.6 Å².